The molecule has 6 heteroatoms. The van der Waals surface area contributed by atoms with E-state index in [1.54, 1.807) is 0 Å². The van der Waals surface area contributed by atoms with Gasteiger partial charge in [-0.1, -0.05) is 31.5 Å². The van der Waals surface area contributed by atoms with E-state index >= 15 is 0 Å². The summed E-state index contributed by atoms with van der Waals surface area (Å²) < 4.78 is 24.9. The van der Waals surface area contributed by atoms with E-state index in [9.17, 15) is 13.2 Å². The van der Waals surface area contributed by atoms with E-state index in [-0.39, 0.29) is 17.7 Å². The molecule has 5 nitrogen and oxygen atoms in total. The molecule has 1 heterocycles. The molecule has 2 atom stereocenters. The Hall–Kier alpha value is -1.40. The quantitative estimate of drug-likeness (QED) is 0.904. The Morgan fingerprint density at radius 1 is 1.27 bits per heavy atom. The van der Waals surface area contributed by atoms with Crippen LogP contribution in [0.3, 0.4) is 0 Å². The van der Waals surface area contributed by atoms with Crippen LogP contribution in [0.5, 0.6) is 0 Å². The van der Waals surface area contributed by atoms with Crippen LogP contribution in [0.2, 0.25) is 0 Å². The highest BCUT2D eigenvalue weighted by atomic mass is 32.2. The first-order valence-electron chi connectivity index (χ1n) is 7.70. The number of hydrogen-bond acceptors (Lipinski definition) is 3. The van der Waals surface area contributed by atoms with Gasteiger partial charge in [-0.05, 0) is 30.4 Å². The molecule has 1 aliphatic heterocycles. The number of amides is 1. The van der Waals surface area contributed by atoms with Crippen molar-refractivity contribution in [3.05, 3.63) is 30.3 Å². The monoisotopic (exact) mass is 324 g/mol. The third-order valence-corrected chi connectivity index (χ3v) is 5.62. The van der Waals surface area contributed by atoms with Gasteiger partial charge in [0.25, 0.3) is 0 Å². The van der Waals surface area contributed by atoms with Crippen molar-refractivity contribution >= 4 is 21.6 Å². The maximum atomic E-state index is 12.2. The number of hydrogen-bond donors (Lipinski definition) is 1. The van der Waals surface area contributed by atoms with Crippen LogP contribution in [0.4, 0.5) is 5.69 Å². The zero-order chi connectivity index (χ0) is 16.2. The van der Waals surface area contributed by atoms with Gasteiger partial charge in [0.1, 0.15) is 0 Å². The van der Waals surface area contributed by atoms with Crippen LogP contribution in [0.15, 0.2) is 30.3 Å². The molecular formula is C16H24N2O3S. The van der Waals surface area contributed by atoms with Gasteiger partial charge in [-0.2, -0.15) is 0 Å². The summed E-state index contributed by atoms with van der Waals surface area (Å²) in [6.45, 7) is 3.09. The number of nitrogens with one attached hydrogen (secondary N) is 1. The highest BCUT2D eigenvalue weighted by Gasteiger charge is 2.33. The zero-order valence-electron chi connectivity index (χ0n) is 13.2. The van der Waals surface area contributed by atoms with Crippen LogP contribution < -0.4 is 5.32 Å². The maximum Gasteiger partial charge on any atom is 0.224 e. The topological polar surface area (TPSA) is 66.5 Å². The molecule has 1 aromatic rings. The Morgan fingerprint density at radius 3 is 2.55 bits per heavy atom. The third kappa shape index (κ3) is 4.55. The first-order chi connectivity index (χ1) is 10.4. The molecule has 0 spiro atoms. The minimum atomic E-state index is -3.14. The number of piperidine rings is 1. The Labute approximate surface area is 132 Å². The van der Waals surface area contributed by atoms with Gasteiger partial charge in [0, 0.05) is 25.2 Å². The van der Waals surface area contributed by atoms with E-state index in [0.29, 0.717) is 19.5 Å². The summed E-state index contributed by atoms with van der Waals surface area (Å²) in [5, 5.41) is 2.90. The van der Waals surface area contributed by atoms with Crippen molar-refractivity contribution in [2.24, 2.45) is 11.8 Å². The van der Waals surface area contributed by atoms with Crippen LogP contribution >= 0.6 is 0 Å². The van der Waals surface area contributed by atoms with Gasteiger partial charge in [-0.25, -0.2) is 12.7 Å². The fraction of sp³-hybridized carbons (Fsp3) is 0.562. The molecular weight excluding hydrogens is 300 g/mol. The smallest absolute Gasteiger partial charge is 0.224 e. The summed E-state index contributed by atoms with van der Waals surface area (Å²) in [7, 11) is -3.14. The van der Waals surface area contributed by atoms with Gasteiger partial charge in [-0.15, -0.1) is 0 Å². The van der Waals surface area contributed by atoms with E-state index in [2.05, 4.69) is 12.2 Å². The van der Waals surface area contributed by atoms with Crippen molar-refractivity contribution in [3.8, 4) is 0 Å². The third-order valence-electron chi connectivity index (χ3n) is 4.35. The minimum Gasteiger partial charge on any atom is -0.326 e. The number of para-hydroxylation sites is 1. The molecule has 0 aliphatic carbocycles. The predicted molar refractivity (Wildman–Crippen MR) is 88.0 cm³/mol. The average Bonchev–Trinajstić information content (AvgIpc) is 2.47. The zero-order valence-corrected chi connectivity index (χ0v) is 14.0. The van der Waals surface area contributed by atoms with Gasteiger partial charge in [0.05, 0.1) is 6.26 Å². The van der Waals surface area contributed by atoms with E-state index in [1.165, 1.54) is 10.6 Å². The molecule has 0 radical (unpaired) electrons. The fourth-order valence-electron chi connectivity index (χ4n) is 3.05. The summed E-state index contributed by atoms with van der Waals surface area (Å²) in [5.74, 6) is 0.485. The molecule has 1 N–H and O–H groups in total. The molecule has 0 unspecified atom stereocenters. The molecule has 1 fully saturated rings. The number of sulfonamides is 1. The van der Waals surface area contributed by atoms with Crippen LogP contribution in [-0.4, -0.2) is 38.0 Å². The molecule has 0 saturated carbocycles. The predicted octanol–water partition coefficient (Wildman–Crippen LogP) is 2.32. The molecule has 122 valence electrons. The summed E-state index contributed by atoms with van der Waals surface area (Å²) in [4.78, 5) is 12.2. The van der Waals surface area contributed by atoms with Crippen molar-refractivity contribution in [1.29, 1.82) is 0 Å². The fourth-order valence-corrected chi connectivity index (χ4v) is 3.95. The molecule has 1 amide bonds. The van der Waals surface area contributed by atoms with Crippen molar-refractivity contribution in [2.75, 3.05) is 24.7 Å². The van der Waals surface area contributed by atoms with Crippen molar-refractivity contribution in [2.45, 2.75) is 26.2 Å². The highest BCUT2D eigenvalue weighted by molar-refractivity contribution is 7.88. The lowest BCUT2D eigenvalue weighted by Gasteiger charge is -2.36. The Balaban J connectivity index is 1.93. The van der Waals surface area contributed by atoms with Gasteiger partial charge in [-0.3, -0.25) is 4.79 Å². The van der Waals surface area contributed by atoms with E-state index in [1.807, 2.05) is 30.3 Å². The largest absolute Gasteiger partial charge is 0.326 e. The lowest BCUT2D eigenvalue weighted by molar-refractivity contribution is -0.117. The SMILES string of the molecule is CC[C@H]1CN(S(C)(=O)=O)CC[C@H]1CC(=O)Nc1ccccc1. The average molecular weight is 324 g/mol. The number of carbonyl (C=O) groups is 1. The molecule has 0 aromatic heterocycles. The summed E-state index contributed by atoms with van der Waals surface area (Å²) in [6, 6.07) is 9.40. The maximum absolute atomic E-state index is 12.2. The molecule has 22 heavy (non-hydrogen) atoms. The van der Waals surface area contributed by atoms with E-state index in [0.717, 1.165) is 18.5 Å². The molecule has 2 rings (SSSR count). The summed E-state index contributed by atoms with van der Waals surface area (Å²) in [6.07, 6.45) is 3.33. The first kappa shape index (κ1) is 17.0. The minimum absolute atomic E-state index is 0.00227. The second kappa shape index (κ2) is 7.24. The lowest BCUT2D eigenvalue weighted by atomic mass is 9.82. The van der Waals surface area contributed by atoms with Crippen LogP contribution in [-0.2, 0) is 14.8 Å². The Kier molecular flexibility index (Phi) is 5.58. The normalized spacial score (nSPS) is 23.2. The van der Waals surface area contributed by atoms with Crippen LogP contribution in [0, 0.1) is 11.8 Å². The lowest BCUT2D eigenvalue weighted by Crippen LogP contribution is -2.43. The molecule has 1 saturated heterocycles. The van der Waals surface area contributed by atoms with E-state index < -0.39 is 10.0 Å². The Morgan fingerprint density at radius 2 is 1.95 bits per heavy atom. The molecule has 1 aromatic carbocycles. The van der Waals surface area contributed by atoms with Gasteiger partial charge in [0.15, 0.2) is 0 Å². The number of anilines is 1. The van der Waals surface area contributed by atoms with Crippen molar-refractivity contribution < 1.29 is 13.2 Å². The Bertz CT molecular complexity index is 601. The van der Waals surface area contributed by atoms with Gasteiger partial charge in [0.2, 0.25) is 15.9 Å². The number of nitrogens with zero attached hydrogens (tertiary/aromatic N) is 1. The second-order valence-corrected chi connectivity index (χ2v) is 7.94. The number of rotatable bonds is 5. The molecule has 0 bridgehead atoms. The van der Waals surface area contributed by atoms with Crippen LogP contribution in [0.1, 0.15) is 26.2 Å². The van der Waals surface area contributed by atoms with E-state index in [4.69, 9.17) is 0 Å². The van der Waals surface area contributed by atoms with Crippen molar-refractivity contribution in [3.63, 3.8) is 0 Å². The molecule has 1 aliphatic rings. The second-order valence-electron chi connectivity index (χ2n) is 5.96. The van der Waals surface area contributed by atoms with Gasteiger partial charge >= 0.3 is 0 Å². The summed E-state index contributed by atoms with van der Waals surface area (Å²) >= 11 is 0. The van der Waals surface area contributed by atoms with Crippen LogP contribution in [0.25, 0.3) is 0 Å². The standard InChI is InChI=1S/C16H24N2O3S/c1-3-13-12-18(22(2,20)21)10-9-14(13)11-16(19)17-15-7-5-4-6-8-15/h4-8,13-14H,3,9-12H2,1-2H3,(H,17,19)/t13-,14-/m0/s1. The van der Waals surface area contributed by atoms with Crippen molar-refractivity contribution in [1.82, 2.24) is 4.31 Å². The van der Waals surface area contributed by atoms with Gasteiger partial charge < -0.3 is 5.32 Å². The number of benzene rings is 1. The highest BCUT2D eigenvalue weighted by Crippen LogP contribution is 2.30. The first-order valence-corrected chi connectivity index (χ1v) is 9.55. The summed E-state index contributed by atoms with van der Waals surface area (Å²) in [5.41, 5.74) is 0.800. The number of carbonyl (C=O) groups excluding carboxylic acids is 1.